The standard InChI is InChI=1S/C14H27O4PS/c1-11-9-13(12-7-5-3-2-4-6-8-12)18-14(11)10-17-19(15,16)20/h11-14H,2-10H2,1H3,(H2,15,16,20)/t11-,13-,14-/m1/s1. The topological polar surface area (TPSA) is 55.8 Å². The molecule has 4 atom stereocenters. The Morgan fingerprint density at radius 3 is 2.45 bits per heavy atom. The zero-order chi connectivity index (χ0) is 14.6. The van der Waals surface area contributed by atoms with E-state index in [1.807, 2.05) is 0 Å². The molecule has 1 N–H and O–H groups in total. The number of ether oxygens (including phenoxy) is 1. The van der Waals surface area contributed by atoms with Crippen molar-refractivity contribution in [2.75, 3.05) is 6.61 Å². The summed E-state index contributed by atoms with van der Waals surface area (Å²) in [6.07, 6.45) is 10.5. The monoisotopic (exact) mass is 322 g/mol. The molecule has 2 aliphatic rings. The Kier molecular flexibility index (Phi) is 6.43. The highest BCUT2D eigenvalue weighted by Gasteiger charge is 2.37. The number of hydrogen-bond acceptors (Lipinski definition) is 3. The highest BCUT2D eigenvalue weighted by atomic mass is 32.7. The predicted molar refractivity (Wildman–Crippen MR) is 83.0 cm³/mol. The fourth-order valence-corrected chi connectivity index (χ4v) is 4.01. The molecular weight excluding hydrogens is 295 g/mol. The summed E-state index contributed by atoms with van der Waals surface area (Å²) in [4.78, 5) is 9.09. The average Bonchev–Trinajstić information content (AvgIpc) is 2.66. The molecule has 0 aromatic rings. The van der Waals surface area contributed by atoms with Gasteiger partial charge < -0.3 is 9.63 Å². The average molecular weight is 322 g/mol. The van der Waals surface area contributed by atoms with Crippen molar-refractivity contribution in [1.82, 2.24) is 0 Å². The maximum atomic E-state index is 11.1. The second-order valence-electron chi connectivity index (χ2n) is 6.32. The molecular formula is C14H27O4PS. The van der Waals surface area contributed by atoms with E-state index in [4.69, 9.17) is 14.2 Å². The van der Waals surface area contributed by atoms with Crippen molar-refractivity contribution in [2.45, 2.75) is 70.5 Å². The van der Waals surface area contributed by atoms with E-state index in [-0.39, 0.29) is 12.7 Å². The molecule has 1 saturated carbocycles. The van der Waals surface area contributed by atoms with Gasteiger partial charge in [-0.15, -0.1) is 0 Å². The molecule has 1 aliphatic carbocycles. The van der Waals surface area contributed by atoms with E-state index < -0.39 is 6.80 Å². The van der Waals surface area contributed by atoms with Gasteiger partial charge in [-0.1, -0.05) is 51.3 Å². The SMILES string of the molecule is C[C@@H]1C[C@H](C2CCCCCCC2)O[C@@H]1COP(=O)(O)S. The van der Waals surface area contributed by atoms with Crippen LogP contribution in [-0.2, 0) is 13.8 Å². The van der Waals surface area contributed by atoms with Crippen molar-refractivity contribution in [3.05, 3.63) is 0 Å². The zero-order valence-corrected chi connectivity index (χ0v) is 14.0. The van der Waals surface area contributed by atoms with Crippen LogP contribution in [0.25, 0.3) is 0 Å². The van der Waals surface area contributed by atoms with E-state index in [1.54, 1.807) is 0 Å². The number of hydrogen-bond donors (Lipinski definition) is 2. The molecule has 2 rings (SSSR count). The van der Waals surface area contributed by atoms with Gasteiger partial charge in [-0.3, -0.25) is 4.52 Å². The number of rotatable bonds is 4. The highest BCUT2D eigenvalue weighted by molar-refractivity contribution is 8.44. The van der Waals surface area contributed by atoms with E-state index in [0.717, 1.165) is 6.42 Å². The maximum absolute atomic E-state index is 11.1. The van der Waals surface area contributed by atoms with Crippen LogP contribution in [0.4, 0.5) is 0 Å². The lowest BCUT2D eigenvalue weighted by Gasteiger charge is -2.25. The Balaban J connectivity index is 1.83. The molecule has 1 unspecified atom stereocenters. The van der Waals surface area contributed by atoms with Gasteiger partial charge >= 0.3 is 6.80 Å². The van der Waals surface area contributed by atoms with Crippen LogP contribution < -0.4 is 0 Å². The minimum absolute atomic E-state index is 0.0712. The first-order valence-corrected chi connectivity index (χ1v) is 10.5. The number of thiol groups is 1. The summed E-state index contributed by atoms with van der Waals surface area (Å²) >= 11 is 3.54. The Labute approximate surface area is 127 Å². The summed E-state index contributed by atoms with van der Waals surface area (Å²) < 4.78 is 22.1. The first kappa shape index (κ1) is 16.8. The van der Waals surface area contributed by atoms with Crippen molar-refractivity contribution in [3.63, 3.8) is 0 Å². The molecule has 0 amide bonds. The summed E-state index contributed by atoms with van der Waals surface area (Å²) in [6.45, 7) is -1.39. The van der Waals surface area contributed by atoms with E-state index in [2.05, 4.69) is 19.2 Å². The van der Waals surface area contributed by atoms with Crippen LogP contribution >= 0.6 is 19.0 Å². The van der Waals surface area contributed by atoms with E-state index in [0.29, 0.717) is 17.9 Å². The van der Waals surface area contributed by atoms with Crippen LogP contribution in [0.3, 0.4) is 0 Å². The van der Waals surface area contributed by atoms with Gasteiger partial charge in [0.05, 0.1) is 18.8 Å². The summed E-state index contributed by atoms with van der Waals surface area (Å²) in [5.74, 6) is 1.03. The normalized spacial score (nSPS) is 36.2. The Hall–Kier alpha value is 0.460. The van der Waals surface area contributed by atoms with Gasteiger partial charge in [0.1, 0.15) is 0 Å². The summed E-state index contributed by atoms with van der Waals surface area (Å²) in [6, 6.07) is 0. The van der Waals surface area contributed by atoms with Gasteiger partial charge in [0.15, 0.2) is 0 Å². The molecule has 0 bridgehead atoms. The third-order valence-corrected chi connectivity index (χ3v) is 5.50. The van der Waals surface area contributed by atoms with Crippen molar-refractivity contribution in [2.24, 2.45) is 11.8 Å². The van der Waals surface area contributed by atoms with Crippen molar-refractivity contribution >= 4 is 19.0 Å². The van der Waals surface area contributed by atoms with Gasteiger partial charge in [0, 0.05) is 0 Å². The molecule has 0 aromatic heterocycles. The van der Waals surface area contributed by atoms with E-state index in [9.17, 15) is 4.57 Å². The Morgan fingerprint density at radius 1 is 1.25 bits per heavy atom. The fourth-order valence-electron chi connectivity index (χ4n) is 3.47. The molecule has 1 aliphatic heterocycles. The lowest BCUT2D eigenvalue weighted by molar-refractivity contribution is -0.0221. The largest absolute Gasteiger partial charge is 0.383 e. The van der Waals surface area contributed by atoms with Gasteiger partial charge in [0.25, 0.3) is 0 Å². The third kappa shape index (κ3) is 5.34. The molecule has 2 fully saturated rings. The van der Waals surface area contributed by atoms with Crippen molar-refractivity contribution < 1.29 is 18.7 Å². The Bertz CT molecular complexity index is 338. The third-order valence-electron chi connectivity index (χ3n) is 4.67. The van der Waals surface area contributed by atoms with Crippen LogP contribution in [0.15, 0.2) is 0 Å². The summed E-state index contributed by atoms with van der Waals surface area (Å²) in [7, 11) is 0. The molecule has 20 heavy (non-hydrogen) atoms. The van der Waals surface area contributed by atoms with E-state index in [1.165, 1.54) is 44.9 Å². The summed E-state index contributed by atoms with van der Waals surface area (Å²) in [5.41, 5.74) is 0. The summed E-state index contributed by atoms with van der Waals surface area (Å²) in [5, 5.41) is 0. The molecule has 0 radical (unpaired) electrons. The van der Waals surface area contributed by atoms with Crippen LogP contribution in [0.2, 0.25) is 0 Å². The van der Waals surface area contributed by atoms with Crippen molar-refractivity contribution in [1.29, 1.82) is 0 Å². The highest BCUT2D eigenvalue weighted by Crippen LogP contribution is 2.47. The molecule has 0 aromatic carbocycles. The molecule has 1 saturated heterocycles. The quantitative estimate of drug-likeness (QED) is 0.602. The fraction of sp³-hybridized carbons (Fsp3) is 1.00. The first-order valence-electron chi connectivity index (χ1n) is 7.81. The zero-order valence-electron chi connectivity index (χ0n) is 12.2. The molecule has 118 valence electrons. The second-order valence-corrected chi connectivity index (χ2v) is 9.07. The van der Waals surface area contributed by atoms with Gasteiger partial charge in [-0.05, 0) is 31.1 Å². The minimum atomic E-state index is -3.69. The predicted octanol–water partition coefficient (Wildman–Crippen LogP) is 4.19. The Morgan fingerprint density at radius 2 is 1.85 bits per heavy atom. The lowest BCUT2D eigenvalue weighted by atomic mass is 9.85. The molecule has 1 heterocycles. The van der Waals surface area contributed by atoms with Gasteiger partial charge in [-0.2, -0.15) is 0 Å². The molecule has 6 heteroatoms. The molecule has 0 spiro atoms. The van der Waals surface area contributed by atoms with Crippen LogP contribution in [0.1, 0.15) is 58.3 Å². The lowest BCUT2D eigenvalue weighted by Crippen LogP contribution is -2.24. The second kappa shape index (κ2) is 7.64. The first-order chi connectivity index (χ1) is 9.46. The van der Waals surface area contributed by atoms with Gasteiger partial charge in [-0.25, -0.2) is 4.57 Å². The van der Waals surface area contributed by atoms with Crippen LogP contribution in [-0.4, -0.2) is 23.7 Å². The maximum Gasteiger partial charge on any atom is 0.383 e. The van der Waals surface area contributed by atoms with E-state index >= 15 is 0 Å². The minimum Gasteiger partial charge on any atom is -0.372 e. The smallest absolute Gasteiger partial charge is 0.372 e. The van der Waals surface area contributed by atoms with Crippen LogP contribution in [0, 0.1) is 11.8 Å². The van der Waals surface area contributed by atoms with Crippen molar-refractivity contribution in [3.8, 4) is 0 Å². The van der Waals surface area contributed by atoms with Gasteiger partial charge in [0.2, 0.25) is 0 Å². The van der Waals surface area contributed by atoms with Crippen LogP contribution in [0.5, 0.6) is 0 Å². The molecule has 4 nitrogen and oxygen atoms in total.